The van der Waals surface area contributed by atoms with E-state index in [0.29, 0.717) is 0 Å². The summed E-state index contributed by atoms with van der Waals surface area (Å²) in [4.78, 5) is 3.52. The Morgan fingerprint density at radius 2 is 1.87 bits per heavy atom. The molecule has 0 radical (unpaired) electrons. The Balaban J connectivity index is 0.00000112. The minimum absolute atomic E-state index is 0. The standard InChI is InChI=1S/C7H3BF4NS.K/c9-5-2-1-4(8(10,11)12)6-7(5)14-3-13-6;/h1-3H;/q-1;+1. The van der Waals surface area contributed by atoms with Gasteiger partial charge in [0.05, 0.1) is 15.7 Å². The first-order valence-electron chi connectivity index (χ1n) is 3.71. The smallest absolute Gasteiger partial charge is 0.445 e. The van der Waals surface area contributed by atoms with E-state index in [1.54, 1.807) is 0 Å². The van der Waals surface area contributed by atoms with Crippen LogP contribution in [0.3, 0.4) is 0 Å². The molecule has 0 saturated carbocycles. The van der Waals surface area contributed by atoms with Crippen LogP contribution in [0, 0.1) is 5.82 Å². The predicted octanol–water partition coefficient (Wildman–Crippen LogP) is -0.506. The molecule has 0 aliphatic carbocycles. The first-order valence-corrected chi connectivity index (χ1v) is 4.59. The van der Waals surface area contributed by atoms with Crippen molar-refractivity contribution >= 4 is 34.0 Å². The van der Waals surface area contributed by atoms with E-state index < -0.39 is 18.3 Å². The Kier molecular flexibility index (Phi) is 4.36. The van der Waals surface area contributed by atoms with Crippen LogP contribution in [0.25, 0.3) is 10.2 Å². The van der Waals surface area contributed by atoms with Crippen molar-refractivity contribution in [3.05, 3.63) is 23.5 Å². The van der Waals surface area contributed by atoms with Gasteiger partial charge in [-0.1, -0.05) is 11.5 Å². The maximum Gasteiger partial charge on any atom is 1.00 e. The Labute approximate surface area is 129 Å². The Bertz CT molecular complexity index is 483. The van der Waals surface area contributed by atoms with Crippen molar-refractivity contribution in [2.24, 2.45) is 0 Å². The molecule has 1 nitrogen and oxygen atoms in total. The topological polar surface area (TPSA) is 12.9 Å². The number of hydrogen-bond acceptors (Lipinski definition) is 2. The van der Waals surface area contributed by atoms with E-state index >= 15 is 0 Å². The summed E-state index contributed by atoms with van der Waals surface area (Å²) in [7, 11) is 0. The molecule has 0 atom stereocenters. The van der Waals surface area contributed by atoms with E-state index in [0.717, 1.165) is 23.5 Å². The first kappa shape index (κ1) is 13.6. The number of fused-ring (bicyclic) bond motifs is 1. The van der Waals surface area contributed by atoms with Gasteiger partial charge in [0.1, 0.15) is 5.82 Å². The minimum atomic E-state index is -5.13. The fraction of sp³-hybridized carbons (Fsp3) is 0. The van der Waals surface area contributed by atoms with Gasteiger partial charge in [-0.25, -0.2) is 9.37 Å². The molecule has 8 heteroatoms. The van der Waals surface area contributed by atoms with Crippen LogP contribution in [0.5, 0.6) is 0 Å². The molecule has 0 amide bonds. The molecular formula is C7H3BF4KNS. The number of thiazole rings is 1. The van der Waals surface area contributed by atoms with Gasteiger partial charge < -0.3 is 12.9 Å². The van der Waals surface area contributed by atoms with Gasteiger partial charge in [0.2, 0.25) is 0 Å². The van der Waals surface area contributed by atoms with Crippen LogP contribution < -0.4 is 56.8 Å². The summed E-state index contributed by atoms with van der Waals surface area (Å²) in [5.74, 6) is -0.661. The molecule has 0 aliphatic heterocycles. The second-order valence-corrected chi connectivity index (χ2v) is 3.60. The quantitative estimate of drug-likeness (QED) is 0.496. The van der Waals surface area contributed by atoms with Crippen LogP contribution in [-0.2, 0) is 0 Å². The van der Waals surface area contributed by atoms with Crippen molar-refractivity contribution in [2.45, 2.75) is 0 Å². The number of hydrogen-bond donors (Lipinski definition) is 0. The first-order chi connectivity index (χ1) is 6.50. The molecule has 74 valence electrons. The third kappa shape index (κ3) is 2.62. The molecule has 2 aromatic rings. The monoisotopic (exact) mass is 259 g/mol. The predicted molar refractivity (Wildman–Crippen MR) is 48.3 cm³/mol. The van der Waals surface area contributed by atoms with Gasteiger partial charge in [-0.2, -0.15) is 0 Å². The Morgan fingerprint density at radius 3 is 2.47 bits per heavy atom. The van der Waals surface area contributed by atoms with Crippen molar-refractivity contribution in [3.63, 3.8) is 0 Å². The van der Waals surface area contributed by atoms with Crippen molar-refractivity contribution in [1.29, 1.82) is 0 Å². The van der Waals surface area contributed by atoms with E-state index in [1.165, 1.54) is 5.51 Å². The summed E-state index contributed by atoms with van der Waals surface area (Å²) in [5, 5.41) is 0. The van der Waals surface area contributed by atoms with Gasteiger partial charge >= 0.3 is 58.4 Å². The number of benzene rings is 1. The van der Waals surface area contributed by atoms with Crippen LogP contribution in [0.15, 0.2) is 17.6 Å². The van der Waals surface area contributed by atoms with Crippen molar-refractivity contribution in [2.75, 3.05) is 0 Å². The zero-order valence-electron chi connectivity index (χ0n) is 7.68. The van der Waals surface area contributed by atoms with Crippen LogP contribution in [0.2, 0.25) is 0 Å². The summed E-state index contributed by atoms with van der Waals surface area (Å²) in [6.07, 6.45) is 0. The molecule has 1 heterocycles. The molecule has 0 aliphatic rings. The Hall–Kier alpha value is 0.531. The summed E-state index contributed by atoms with van der Waals surface area (Å²) >= 11 is 0.868. The molecule has 15 heavy (non-hydrogen) atoms. The average molecular weight is 259 g/mol. The number of rotatable bonds is 1. The van der Waals surface area contributed by atoms with Gasteiger partial charge in [-0.05, 0) is 6.07 Å². The molecule has 0 fully saturated rings. The number of aromatic nitrogens is 1. The fourth-order valence-corrected chi connectivity index (χ4v) is 1.93. The van der Waals surface area contributed by atoms with Crippen molar-refractivity contribution < 1.29 is 68.7 Å². The van der Waals surface area contributed by atoms with Crippen LogP contribution >= 0.6 is 11.3 Å². The summed E-state index contributed by atoms with van der Waals surface area (Å²) in [6, 6.07) is 1.56. The SMILES string of the molecule is Fc1ccc([B-](F)(F)F)c2ncsc12.[K+]. The molecule has 2 rings (SSSR count). The maximum atomic E-state index is 13.0. The zero-order valence-corrected chi connectivity index (χ0v) is 11.6. The second-order valence-electron chi connectivity index (χ2n) is 2.74. The van der Waals surface area contributed by atoms with E-state index in [-0.39, 0.29) is 61.6 Å². The molecule has 0 bridgehead atoms. The van der Waals surface area contributed by atoms with E-state index in [1.807, 2.05) is 0 Å². The van der Waals surface area contributed by atoms with Crippen LogP contribution in [-0.4, -0.2) is 12.0 Å². The normalized spacial score (nSPS) is 11.5. The van der Waals surface area contributed by atoms with Crippen LogP contribution in [0.4, 0.5) is 17.3 Å². The summed E-state index contributed by atoms with van der Waals surface area (Å²) < 4.78 is 50.3. The number of halogens is 4. The fourth-order valence-electron chi connectivity index (χ4n) is 1.20. The van der Waals surface area contributed by atoms with Crippen LogP contribution in [0.1, 0.15) is 0 Å². The second kappa shape index (κ2) is 4.80. The van der Waals surface area contributed by atoms with E-state index in [4.69, 9.17) is 0 Å². The van der Waals surface area contributed by atoms with E-state index in [9.17, 15) is 17.3 Å². The molecule has 1 aromatic heterocycles. The van der Waals surface area contributed by atoms with Gasteiger partial charge in [0.15, 0.2) is 0 Å². The van der Waals surface area contributed by atoms with Gasteiger partial charge in [-0.15, -0.1) is 11.3 Å². The molecule has 0 saturated heterocycles. The van der Waals surface area contributed by atoms with Crippen molar-refractivity contribution in [3.8, 4) is 0 Å². The molecular weight excluding hydrogens is 256 g/mol. The largest absolute Gasteiger partial charge is 1.00 e. The van der Waals surface area contributed by atoms with Crippen molar-refractivity contribution in [1.82, 2.24) is 4.98 Å². The molecule has 0 unspecified atom stereocenters. The third-order valence-electron chi connectivity index (χ3n) is 1.82. The summed E-state index contributed by atoms with van der Waals surface area (Å²) in [6.45, 7) is -5.13. The van der Waals surface area contributed by atoms with Gasteiger partial charge in [0, 0.05) is 0 Å². The third-order valence-corrected chi connectivity index (χ3v) is 2.65. The molecule has 0 spiro atoms. The summed E-state index contributed by atoms with van der Waals surface area (Å²) in [5.41, 5.74) is 0.0872. The maximum absolute atomic E-state index is 13.0. The average Bonchev–Trinajstić information content (AvgIpc) is 2.50. The van der Waals surface area contributed by atoms with Gasteiger partial charge in [0.25, 0.3) is 0 Å². The Morgan fingerprint density at radius 1 is 1.20 bits per heavy atom. The van der Waals surface area contributed by atoms with E-state index in [2.05, 4.69) is 4.98 Å². The minimum Gasteiger partial charge on any atom is -0.445 e. The van der Waals surface area contributed by atoms with Gasteiger partial charge in [-0.3, -0.25) is 0 Å². The molecule has 0 N–H and O–H groups in total. The zero-order chi connectivity index (χ0) is 10.3. The molecule has 1 aromatic carbocycles. The number of nitrogens with zero attached hydrogens (tertiary/aromatic N) is 1.